The molecule has 0 unspecified atom stereocenters. The number of rotatable bonds is 2. The summed E-state index contributed by atoms with van der Waals surface area (Å²) in [5, 5.41) is 8.19. The average molecular weight is 285 g/mol. The number of benzene rings is 1. The fraction of sp³-hybridized carbons (Fsp3) is 0.375. The van der Waals surface area contributed by atoms with Gasteiger partial charge in [0.15, 0.2) is 5.11 Å². The molecule has 1 fully saturated rings. The van der Waals surface area contributed by atoms with Crippen LogP contribution in [0.5, 0.6) is 0 Å². The maximum Gasteiger partial charge on any atom is 0.191 e. The zero-order valence-corrected chi connectivity index (χ0v) is 12.6. The van der Waals surface area contributed by atoms with Gasteiger partial charge in [-0.3, -0.25) is 5.43 Å². The van der Waals surface area contributed by atoms with E-state index in [1.54, 1.807) is 0 Å². The van der Waals surface area contributed by atoms with Gasteiger partial charge in [-0.1, -0.05) is 29.8 Å². The molecule has 1 aromatic carbocycles. The van der Waals surface area contributed by atoms with Gasteiger partial charge in [-0.25, -0.2) is 0 Å². The van der Waals surface area contributed by atoms with Crippen molar-refractivity contribution in [1.82, 2.24) is 5.43 Å². The molecular weight excluding hydrogens is 266 g/mol. The molecule has 20 heavy (non-hydrogen) atoms. The maximum atomic E-state index is 5.29. The molecule has 0 amide bonds. The molecule has 1 saturated carbocycles. The number of thiocarbonyl (C=S) groups is 1. The number of hydrogen-bond acceptors (Lipinski definition) is 2. The lowest BCUT2D eigenvalue weighted by atomic mass is 9.74. The van der Waals surface area contributed by atoms with Crippen molar-refractivity contribution in [1.29, 1.82) is 0 Å². The van der Waals surface area contributed by atoms with Gasteiger partial charge >= 0.3 is 0 Å². The van der Waals surface area contributed by atoms with E-state index in [0.29, 0.717) is 11.0 Å². The number of nitrogens with one attached hydrogen (secondary N) is 2. The van der Waals surface area contributed by atoms with Crippen molar-refractivity contribution in [3.63, 3.8) is 0 Å². The summed E-state index contributed by atoms with van der Waals surface area (Å²) >= 11 is 5.29. The molecule has 0 saturated heterocycles. The summed E-state index contributed by atoms with van der Waals surface area (Å²) in [4.78, 5) is 0. The smallest absolute Gasteiger partial charge is 0.191 e. The maximum absolute atomic E-state index is 5.29. The third kappa shape index (κ3) is 2.61. The first-order valence-electron chi connectivity index (χ1n) is 7.01. The van der Waals surface area contributed by atoms with Crippen molar-refractivity contribution in [3.05, 3.63) is 41.5 Å². The fourth-order valence-electron chi connectivity index (χ4n) is 2.89. The molecule has 2 aliphatic rings. The molecule has 0 heterocycles. The summed E-state index contributed by atoms with van der Waals surface area (Å²) in [5.74, 6) is 1.34. The van der Waals surface area contributed by atoms with Crippen molar-refractivity contribution in [3.8, 4) is 0 Å². The topological polar surface area (TPSA) is 36.4 Å². The Hall–Kier alpha value is -1.68. The second-order valence-corrected chi connectivity index (χ2v) is 6.03. The van der Waals surface area contributed by atoms with E-state index in [4.69, 9.17) is 12.2 Å². The van der Waals surface area contributed by atoms with Crippen LogP contribution in [0.2, 0.25) is 0 Å². The van der Waals surface area contributed by atoms with E-state index in [1.807, 2.05) is 6.07 Å². The van der Waals surface area contributed by atoms with Crippen LogP contribution in [0, 0.1) is 25.7 Å². The molecule has 0 aromatic heterocycles. The van der Waals surface area contributed by atoms with Crippen molar-refractivity contribution in [2.24, 2.45) is 16.9 Å². The van der Waals surface area contributed by atoms with Crippen LogP contribution in [-0.4, -0.2) is 10.8 Å². The fourth-order valence-corrected chi connectivity index (χ4v) is 3.05. The van der Waals surface area contributed by atoms with Crippen molar-refractivity contribution in [2.75, 3.05) is 5.32 Å². The summed E-state index contributed by atoms with van der Waals surface area (Å²) < 4.78 is 0. The SMILES string of the molecule is Cc1ccc(NC(=S)N/N=C2/C[C@@H]3C=CC[C@H]23)c(C)c1. The number of fused-ring (bicyclic) bond motifs is 1. The van der Waals surface area contributed by atoms with Gasteiger partial charge < -0.3 is 5.32 Å². The lowest BCUT2D eigenvalue weighted by Gasteiger charge is -2.31. The van der Waals surface area contributed by atoms with Gasteiger partial charge in [0, 0.05) is 17.3 Å². The van der Waals surface area contributed by atoms with E-state index in [0.717, 1.165) is 24.4 Å². The van der Waals surface area contributed by atoms with E-state index in [1.165, 1.54) is 16.8 Å². The molecule has 0 aliphatic heterocycles. The molecule has 0 spiro atoms. The van der Waals surface area contributed by atoms with Crippen LogP contribution in [0.15, 0.2) is 35.5 Å². The quantitative estimate of drug-likeness (QED) is 0.496. The van der Waals surface area contributed by atoms with Crippen LogP contribution >= 0.6 is 12.2 Å². The average Bonchev–Trinajstić information content (AvgIpc) is 2.75. The highest BCUT2D eigenvalue weighted by Crippen LogP contribution is 2.40. The summed E-state index contributed by atoms with van der Waals surface area (Å²) in [6, 6.07) is 6.26. The number of aryl methyl sites for hydroxylation is 2. The third-order valence-corrected chi connectivity index (χ3v) is 4.29. The summed E-state index contributed by atoms with van der Waals surface area (Å²) in [7, 11) is 0. The van der Waals surface area contributed by atoms with Gasteiger partial charge in [0.1, 0.15) is 0 Å². The molecular formula is C16H19N3S. The monoisotopic (exact) mass is 285 g/mol. The Morgan fingerprint density at radius 2 is 2.20 bits per heavy atom. The number of nitrogens with zero attached hydrogens (tertiary/aromatic N) is 1. The Morgan fingerprint density at radius 1 is 1.35 bits per heavy atom. The molecule has 4 heteroatoms. The number of anilines is 1. The highest BCUT2D eigenvalue weighted by molar-refractivity contribution is 7.80. The van der Waals surface area contributed by atoms with Crippen LogP contribution in [0.3, 0.4) is 0 Å². The van der Waals surface area contributed by atoms with Crippen LogP contribution in [0.25, 0.3) is 0 Å². The molecule has 1 aromatic rings. The zero-order chi connectivity index (χ0) is 14.1. The van der Waals surface area contributed by atoms with Crippen LogP contribution in [0.1, 0.15) is 24.0 Å². The molecule has 0 radical (unpaired) electrons. The van der Waals surface area contributed by atoms with Crippen molar-refractivity contribution < 1.29 is 0 Å². The Bertz CT molecular complexity index is 604. The summed E-state index contributed by atoms with van der Waals surface area (Å²) in [5.41, 5.74) is 7.68. The van der Waals surface area contributed by atoms with Crippen molar-refractivity contribution >= 4 is 28.7 Å². The van der Waals surface area contributed by atoms with Crippen molar-refractivity contribution in [2.45, 2.75) is 26.7 Å². The van der Waals surface area contributed by atoms with Crippen LogP contribution in [0.4, 0.5) is 5.69 Å². The normalized spacial score (nSPS) is 25.2. The van der Waals surface area contributed by atoms with Gasteiger partial charge in [-0.05, 0) is 56.5 Å². The van der Waals surface area contributed by atoms with Gasteiger partial charge in [-0.2, -0.15) is 5.10 Å². The first-order chi connectivity index (χ1) is 9.63. The minimum absolute atomic E-state index is 0.554. The predicted molar refractivity (Wildman–Crippen MR) is 88.1 cm³/mol. The van der Waals surface area contributed by atoms with E-state index >= 15 is 0 Å². The molecule has 3 nitrogen and oxygen atoms in total. The molecule has 104 valence electrons. The first kappa shape index (κ1) is 13.3. The standard InChI is InChI=1S/C16H19N3S/c1-10-6-7-14(11(2)8-10)17-16(20)19-18-15-9-12-4-3-5-13(12)15/h3-4,6-8,12-13H,5,9H2,1-2H3,(H2,17,19,20)/b18-15-/t12-,13-/m0/s1. The van der Waals surface area contributed by atoms with E-state index in [9.17, 15) is 0 Å². The lowest BCUT2D eigenvalue weighted by molar-refractivity contribution is 0.463. The number of hydrogen-bond donors (Lipinski definition) is 2. The van der Waals surface area contributed by atoms with E-state index < -0.39 is 0 Å². The Morgan fingerprint density at radius 3 is 2.95 bits per heavy atom. The molecule has 2 N–H and O–H groups in total. The Labute approximate surface area is 125 Å². The summed E-state index contributed by atoms with van der Waals surface area (Å²) in [6.07, 6.45) is 6.75. The third-order valence-electron chi connectivity index (χ3n) is 4.09. The Balaban J connectivity index is 1.56. The van der Waals surface area contributed by atoms with E-state index in [2.05, 4.69) is 54.0 Å². The zero-order valence-electron chi connectivity index (χ0n) is 11.8. The second kappa shape index (κ2) is 5.37. The van der Waals surface area contributed by atoms with Crippen LogP contribution in [-0.2, 0) is 0 Å². The highest BCUT2D eigenvalue weighted by atomic mass is 32.1. The lowest BCUT2D eigenvalue weighted by Crippen LogP contribution is -2.36. The largest absolute Gasteiger partial charge is 0.331 e. The molecule has 0 bridgehead atoms. The molecule has 2 aliphatic carbocycles. The summed E-state index contributed by atoms with van der Waals surface area (Å²) in [6.45, 7) is 4.16. The van der Waals surface area contributed by atoms with Gasteiger partial charge in [0.2, 0.25) is 0 Å². The minimum atomic E-state index is 0.554. The van der Waals surface area contributed by atoms with Crippen LogP contribution < -0.4 is 10.7 Å². The first-order valence-corrected chi connectivity index (χ1v) is 7.41. The minimum Gasteiger partial charge on any atom is -0.331 e. The van der Waals surface area contributed by atoms with Gasteiger partial charge in [0.25, 0.3) is 0 Å². The van der Waals surface area contributed by atoms with Gasteiger partial charge in [0.05, 0.1) is 0 Å². The highest BCUT2D eigenvalue weighted by Gasteiger charge is 2.37. The molecule has 2 atom stereocenters. The number of hydrazone groups is 1. The Kier molecular flexibility index (Phi) is 3.57. The van der Waals surface area contributed by atoms with E-state index in [-0.39, 0.29) is 0 Å². The second-order valence-electron chi connectivity index (χ2n) is 5.63. The number of allylic oxidation sites excluding steroid dienone is 2. The predicted octanol–water partition coefficient (Wildman–Crippen LogP) is 3.54. The molecule has 3 rings (SSSR count). The van der Waals surface area contributed by atoms with Gasteiger partial charge in [-0.15, -0.1) is 0 Å².